The predicted molar refractivity (Wildman–Crippen MR) is 92.6 cm³/mol. The number of amides is 1. The van der Waals surface area contributed by atoms with Gasteiger partial charge in [0.2, 0.25) is 0 Å². The van der Waals surface area contributed by atoms with Crippen LogP contribution in [0.3, 0.4) is 0 Å². The third kappa shape index (κ3) is 4.58. The number of carbonyl (C=O) groups excluding carboxylic acids is 1. The van der Waals surface area contributed by atoms with Gasteiger partial charge in [-0.3, -0.25) is 14.9 Å². The van der Waals surface area contributed by atoms with Gasteiger partial charge in [-0.25, -0.2) is 8.42 Å². The van der Waals surface area contributed by atoms with Gasteiger partial charge in [-0.1, -0.05) is 6.07 Å². The summed E-state index contributed by atoms with van der Waals surface area (Å²) in [6.07, 6.45) is 0. The van der Waals surface area contributed by atoms with Crippen LogP contribution in [-0.4, -0.2) is 30.7 Å². The smallest absolute Gasteiger partial charge is 0.272 e. The zero-order chi connectivity index (χ0) is 18.8. The van der Waals surface area contributed by atoms with Crippen molar-refractivity contribution in [2.75, 3.05) is 6.61 Å². The van der Waals surface area contributed by atoms with Gasteiger partial charge in [0.05, 0.1) is 11.4 Å². The van der Waals surface area contributed by atoms with Crippen LogP contribution >= 0.6 is 0 Å². The molecule has 2 rings (SSSR count). The van der Waals surface area contributed by atoms with Gasteiger partial charge >= 0.3 is 0 Å². The minimum absolute atomic E-state index is 0.0468. The van der Waals surface area contributed by atoms with E-state index >= 15 is 0 Å². The van der Waals surface area contributed by atoms with Crippen molar-refractivity contribution in [1.29, 1.82) is 0 Å². The number of rotatable bonds is 6. The molecule has 0 aliphatic carbocycles. The number of aryl methyl sites for hydroxylation is 4. The Labute approximate surface area is 147 Å². The first-order valence-corrected chi connectivity index (χ1v) is 9.10. The summed E-state index contributed by atoms with van der Waals surface area (Å²) in [7, 11) is -2.26. The maximum Gasteiger partial charge on any atom is 0.272 e. The Morgan fingerprint density at radius 3 is 2.28 bits per heavy atom. The molecular formula is C16H22N4O4S. The third-order valence-corrected chi connectivity index (χ3v) is 5.10. The molecule has 2 N–H and O–H groups in total. The number of hydrazine groups is 1. The van der Waals surface area contributed by atoms with Gasteiger partial charge in [0.1, 0.15) is 10.6 Å². The van der Waals surface area contributed by atoms with Gasteiger partial charge < -0.3 is 4.74 Å². The number of benzene rings is 1. The number of hydrogen-bond acceptors (Lipinski definition) is 5. The molecule has 0 saturated heterocycles. The number of sulfonamides is 1. The molecule has 8 nitrogen and oxygen atoms in total. The molecule has 25 heavy (non-hydrogen) atoms. The number of carbonyl (C=O) groups is 1. The molecule has 0 atom stereocenters. The highest BCUT2D eigenvalue weighted by atomic mass is 32.2. The van der Waals surface area contributed by atoms with Gasteiger partial charge in [-0.2, -0.15) is 5.10 Å². The average Bonchev–Trinajstić information content (AvgIpc) is 2.75. The van der Waals surface area contributed by atoms with E-state index in [0.29, 0.717) is 17.1 Å². The van der Waals surface area contributed by atoms with Gasteiger partial charge in [0.15, 0.2) is 6.61 Å². The third-order valence-electron chi connectivity index (χ3n) is 3.60. The van der Waals surface area contributed by atoms with E-state index in [9.17, 15) is 13.2 Å². The van der Waals surface area contributed by atoms with Crippen LogP contribution in [0.4, 0.5) is 0 Å². The van der Waals surface area contributed by atoms with E-state index < -0.39 is 15.9 Å². The monoisotopic (exact) mass is 366 g/mol. The molecule has 2 aromatic rings. The summed E-state index contributed by atoms with van der Waals surface area (Å²) in [5.41, 5.74) is 5.00. The van der Waals surface area contributed by atoms with Crippen molar-refractivity contribution in [3.8, 4) is 5.75 Å². The fraction of sp³-hybridized carbons (Fsp3) is 0.375. The topological polar surface area (TPSA) is 102 Å². The fourth-order valence-corrected chi connectivity index (χ4v) is 3.82. The molecule has 0 radical (unpaired) electrons. The predicted octanol–water partition coefficient (Wildman–Crippen LogP) is 1.04. The number of aromatic nitrogens is 2. The summed E-state index contributed by atoms with van der Waals surface area (Å²) in [4.78, 5) is 14.0. The van der Waals surface area contributed by atoms with Crippen LogP contribution in [0, 0.1) is 27.7 Å². The van der Waals surface area contributed by atoms with Crippen molar-refractivity contribution in [2.24, 2.45) is 7.05 Å². The molecule has 136 valence electrons. The minimum atomic E-state index is -3.91. The molecule has 0 aliphatic heterocycles. The highest BCUT2D eigenvalue weighted by molar-refractivity contribution is 7.89. The molecule has 0 unspecified atom stereocenters. The normalized spacial score (nSPS) is 11.4. The van der Waals surface area contributed by atoms with Crippen LogP contribution < -0.4 is 15.0 Å². The second kappa shape index (κ2) is 7.24. The van der Waals surface area contributed by atoms with Crippen LogP contribution in [0.1, 0.15) is 22.5 Å². The lowest BCUT2D eigenvalue weighted by Crippen LogP contribution is -2.44. The van der Waals surface area contributed by atoms with Crippen molar-refractivity contribution in [2.45, 2.75) is 32.6 Å². The maximum atomic E-state index is 12.3. The quantitative estimate of drug-likeness (QED) is 0.744. The lowest BCUT2D eigenvalue weighted by Gasteiger charge is -2.10. The van der Waals surface area contributed by atoms with E-state index in [1.165, 1.54) is 4.68 Å². The first kappa shape index (κ1) is 18.9. The van der Waals surface area contributed by atoms with Crippen LogP contribution in [0.5, 0.6) is 5.75 Å². The van der Waals surface area contributed by atoms with Crippen molar-refractivity contribution < 1.29 is 17.9 Å². The van der Waals surface area contributed by atoms with Gasteiger partial charge in [0, 0.05) is 7.05 Å². The fourth-order valence-electron chi connectivity index (χ4n) is 2.52. The molecule has 1 amide bonds. The Hall–Kier alpha value is -2.39. The van der Waals surface area contributed by atoms with E-state index in [1.807, 2.05) is 19.9 Å². The van der Waals surface area contributed by atoms with Gasteiger partial charge in [-0.15, -0.1) is 4.83 Å². The first-order chi connectivity index (χ1) is 11.6. The molecule has 1 aromatic heterocycles. The lowest BCUT2D eigenvalue weighted by atomic mass is 10.1. The van der Waals surface area contributed by atoms with Gasteiger partial charge in [-0.05, 0) is 51.0 Å². The standard InChI is InChI=1S/C16H22N4O4S/c1-10-6-11(2)8-14(7-10)24-9-15(21)17-19-25(22,23)16-12(3)18-20(5)13(16)4/h6-8,19H,9H2,1-5H3,(H,17,21). The van der Waals surface area contributed by atoms with Gasteiger partial charge in [0.25, 0.3) is 15.9 Å². The number of nitrogens with one attached hydrogen (secondary N) is 2. The van der Waals surface area contributed by atoms with E-state index in [1.54, 1.807) is 33.0 Å². The zero-order valence-corrected chi connectivity index (χ0v) is 15.7. The van der Waals surface area contributed by atoms with Crippen LogP contribution in [0.25, 0.3) is 0 Å². The molecule has 1 heterocycles. The summed E-state index contributed by atoms with van der Waals surface area (Å²) >= 11 is 0. The Bertz CT molecular complexity index is 883. The summed E-state index contributed by atoms with van der Waals surface area (Å²) in [5, 5.41) is 4.06. The molecule has 0 spiro atoms. The second-order valence-corrected chi connectivity index (χ2v) is 7.51. The van der Waals surface area contributed by atoms with Crippen molar-refractivity contribution >= 4 is 15.9 Å². The molecule has 0 fully saturated rings. The molecular weight excluding hydrogens is 344 g/mol. The highest BCUT2D eigenvalue weighted by Crippen LogP contribution is 2.18. The zero-order valence-electron chi connectivity index (χ0n) is 14.9. The Morgan fingerprint density at radius 2 is 1.76 bits per heavy atom. The highest BCUT2D eigenvalue weighted by Gasteiger charge is 2.24. The summed E-state index contributed by atoms with van der Waals surface area (Å²) < 4.78 is 31.5. The summed E-state index contributed by atoms with van der Waals surface area (Å²) in [6, 6.07) is 5.58. The second-order valence-electron chi connectivity index (χ2n) is 5.89. The molecule has 0 saturated carbocycles. The van der Waals surface area contributed by atoms with Crippen molar-refractivity contribution in [3.05, 3.63) is 40.7 Å². The van der Waals surface area contributed by atoms with E-state index in [0.717, 1.165) is 11.1 Å². The number of hydrogen-bond donors (Lipinski definition) is 2. The number of ether oxygens (including phenoxy) is 1. The van der Waals surface area contributed by atoms with E-state index in [4.69, 9.17) is 4.74 Å². The van der Waals surface area contributed by atoms with Crippen LogP contribution in [-0.2, 0) is 21.9 Å². The molecule has 0 bridgehead atoms. The van der Waals surface area contributed by atoms with E-state index in [2.05, 4.69) is 15.4 Å². The van der Waals surface area contributed by atoms with Crippen LogP contribution in [0.2, 0.25) is 0 Å². The average molecular weight is 366 g/mol. The maximum absolute atomic E-state index is 12.3. The molecule has 1 aromatic carbocycles. The molecule has 0 aliphatic rings. The van der Waals surface area contributed by atoms with Crippen molar-refractivity contribution in [1.82, 2.24) is 20.0 Å². The Balaban J connectivity index is 1.97. The van der Waals surface area contributed by atoms with Crippen molar-refractivity contribution in [3.63, 3.8) is 0 Å². The number of nitrogens with zero attached hydrogens (tertiary/aromatic N) is 2. The molecule has 9 heteroatoms. The van der Waals surface area contributed by atoms with E-state index in [-0.39, 0.29) is 11.5 Å². The van der Waals surface area contributed by atoms with Crippen LogP contribution in [0.15, 0.2) is 23.1 Å². The Kier molecular flexibility index (Phi) is 5.48. The minimum Gasteiger partial charge on any atom is -0.484 e. The largest absolute Gasteiger partial charge is 0.484 e. The Morgan fingerprint density at radius 1 is 1.16 bits per heavy atom. The summed E-state index contributed by atoms with van der Waals surface area (Å²) in [5.74, 6) is -0.0589. The SMILES string of the molecule is Cc1cc(C)cc(OCC(=O)NNS(=O)(=O)c2c(C)nn(C)c2C)c1. The summed E-state index contributed by atoms with van der Waals surface area (Å²) in [6.45, 7) is 6.77. The lowest BCUT2D eigenvalue weighted by molar-refractivity contribution is -0.123. The first-order valence-electron chi connectivity index (χ1n) is 7.62.